The van der Waals surface area contributed by atoms with Crippen molar-refractivity contribution < 1.29 is 4.79 Å². The van der Waals surface area contributed by atoms with Crippen molar-refractivity contribution in [1.29, 1.82) is 0 Å². The largest absolute Gasteiger partial charge is 0.356 e. The van der Waals surface area contributed by atoms with Crippen LogP contribution in [0.2, 0.25) is 0 Å². The van der Waals surface area contributed by atoms with Gasteiger partial charge in [-0.2, -0.15) is 0 Å². The van der Waals surface area contributed by atoms with E-state index in [0.29, 0.717) is 5.92 Å². The molecule has 0 saturated carbocycles. The van der Waals surface area contributed by atoms with Crippen molar-refractivity contribution in [1.82, 2.24) is 15.5 Å². The first kappa shape index (κ1) is 14.8. The van der Waals surface area contributed by atoms with Crippen LogP contribution in [-0.2, 0) is 4.79 Å². The molecule has 0 radical (unpaired) electrons. The molecule has 2 saturated heterocycles. The zero-order valence-electron chi connectivity index (χ0n) is 12.3. The van der Waals surface area contributed by atoms with E-state index in [9.17, 15) is 4.79 Å². The SMILES string of the molecule is CCCN1CCC(CNC(=O)C2CCCNC2)CC1. The van der Waals surface area contributed by atoms with Gasteiger partial charge in [0.2, 0.25) is 5.91 Å². The second kappa shape index (κ2) is 7.85. The first-order valence-corrected chi connectivity index (χ1v) is 8.00. The van der Waals surface area contributed by atoms with Crippen molar-refractivity contribution in [2.75, 3.05) is 39.3 Å². The number of hydrogen-bond acceptors (Lipinski definition) is 3. The van der Waals surface area contributed by atoms with Crippen LogP contribution in [0.5, 0.6) is 0 Å². The van der Waals surface area contributed by atoms with Crippen LogP contribution in [0.25, 0.3) is 0 Å². The molecular formula is C15H29N3O. The van der Waals surface area contributed by atoms with Gasteiger partial charge in [-0.3, -0.25) is 4.79 Å². The molecular weight excluding hydrogens is 238 g/mol. The smallest absolute Gasteiger partial charge is 0.224 e. The molecule has 1 amide bonds. The Kier molecular flexibility index (Phi) is 6.11. The summed E-state index contributed by atoms with van der Waals surface area (Å²) in [5.41, 5.74) is 0. The fraction of sp³-hybridized carbons (Fsp3) is 0.933. The molecule has 0 aliphatic carbocycles. The number of nitrogens with one attached hydrogen (secondary N) is 2. The van der Waals surface area contributed by atoms with E-state index in [4.69, 9.17) is 0 Å². The monoisotopic (exact) mass is 267 g/mol. The molecule has 4 heteroatoms. The number of nitrogens with zero attached hydrogens (tertiary/aromatic N) is 1. The van der Waals surface area contributed by atoms with E-state index in [-0.39, 0.29) is 11.8 Å². The van der Waals surface area contributed by atoms with Crippen molar-refractivity contribution in [2.24, 2.45) is 11.8 Å². The first-order valence-electron chi connectivity index (χ1n) is 8.00. The number of rotatable bonds is 5. The molecule has 0 bridgehead atoms. The van der Waals surface area contributed by atoms with Crippen LogP contribution in [0.15, 0.2) is 0 Å². The molecule has 110 valence electrons. The summed E-state index contributed by atoms with van der Waals surface area (Å²) < 4.78 is 0. The highest BCUT2D eigenvalue weighted by Gasteiger charge is 2.23. The first-order chi connectivity index (χ1) is 9.29. The summed E-state index contributed by atoms with van der Waals surface area (Å²) >= 11 is 0. The standard InChI is InChI=1S/C15H29N3O/c1-2-8-18-9-5-13(6-10-18)11-17-15(19)14-4-3-7-16-12-14/h13-14,16H,2-12H2,1H3,(H,17,19). The van der Waals surface area contributed by atoms with E-state index in [2.05, 4.69) is 22.5 Å². The maximum Gasteiger partial charge on any atom is 0.224 e. The molecule has 0 spiro atoms. The molecule has 0 aromatic rings. The number of likely N-dealkylation sites (tertiary alicyclic amines) is 1. The lowest BCUT2D eigenvalue weighted by molar-refractivity contribution is -0.125. The molecule has 2 aliphatic rings. The van der Waals surface area contributed by atoms with E-state index in [1.54, 1.807) is 0 Å². The van der Waals surface area contributed by atoms with Gasteiger partial charge in [-0.1, -0.05) is 6.92 Å². The fourth-order valence-electron chi connectivity index (χ4n) is 3.20. The molecule has 2 aliphatic heterocycles. The summed E-state index contributed by atoms with van der Waals surface area (Å²) in [4.78, 5) is 14.6. The zero-order valence-corrected chi connectivity index (χ0v) is 12.3. The third kappa shape index (κ3) is 4.77. The third-order valence-corrected chi connectivity index (χ3v) is 4.48. The summed E-state index contributed by atoms with van der Waals surface area (Å²) in [6, 6.07) is 0. The summed E-state index contributed by atoms with van der Waals surface area (Å²) in [5, 5.41) is 6.48. The lowest BCUT2D eigenvalue weighted by atomic mass is 9.95. The minimum atomic E-state index is 0.203. The summed E-state index contributed by atoms with van der Waals surface area (Å²) in [6.45, 7) is 8.70. The Hall–Kier alpha value is -0.610. The van der Waals surface area contributed by atoms with E-state index >= 15 is 0 Å². The highest BCUT2D eigenvalue weighted by Crippen LogP contribution is 2.17. The maximum atomic E-state index is 12.0. The molecule has 0 aromatic heterocycles. The topological polar surface area (TPSA) is 44.4 Å². The zero-order chi connectivity index (χ0) is 13.5. The molecule has 2 N–H and O–H groups in total. The Morgan fingerprint density at radius 3 is 2.74 bits per heavy atom. The Balaban J connectivity index is 1.61. The van der Waals surface area contributed by atoms with Gasteiger partial charge in [0.15, 0.2) is 0 Å². The third-order valence-electron chi connectivity index (χ3n) is 4.48. The van der Waals surface area contributed by atoms with Crippen LogP contribution in [0.4, 0.5) is 0 Å². The van der Waals surface area contributed by atoms with Crippen molar-refractivity contribution in [3.8, 4) is 0 Å². The Labute approximate surface area is 117 Å². The Morgan fingerprint density at radius 1 is 1.32 bits per heavy atom. The van der Waals surface area contributed by atoms with E-state index in [0.717, 1.165) is 32.5 Å². The normalized spacial score (nSPS) is 26.3. The fourth-order valence-corrected chi connectivity index (χ4v) is 3.20. The van der Waals surface area contributed by atoms with E-state index in [1.807, 2.05) is 0 Å². The van der Waals surface area contributed by atoms with Crippen LogP contribution >= 0.6 is 0 Å². The van der Waals surface area contributed by atoms with Gasteiger partial charge in [0, 0.05) is 13.1 Å². The van der Waals surface area contributed by atoms with Gasteiger partial charge in [-0.25, -0.2) is 0 Å². The van der Waals surface area contributed by atoms with Gasteiger partial charge < -0.3 is 15.5 Å². The number of carbonyl (C=O) groups excluding carboxylic acids is 1. The quantitative estimate of drug-likeness (QED) is 0.787. The van der Waals surface area contributed by atoms with Gasteiger partial charge in [-0.15, -0.1) is 0 Å². The second-order valence-electron chi connectivity index (χ2n) is 6.07. The average Bonchev–Trinajstić information content (AvgIpc) is 2.47. The molecule has 19 heavy (non-hydrogen) atoms. The Morgan fingerprint density at radius 2 is 2.11 bits per heavy atom. The highest BCUT2D eigenvalue weighted by molar-refractivity contribution is 5.78. The molecule has 2 heterocycles. The number of carbonyl (C=O) groups is 1. The van der Waals surface area contributed by atoms with Gasteiger partial charge in [0.25, 0.3) is 0 Å². The average molecular weight is 267 g/mol. The summed E-state index contributed by atoms with van der Waals surface area (Å²) in [6.07, 6.45) is 5.91. The molecule has 1 unspecified atom stereocenters. The molecule has 1 atom stereocenters. The van der Waals surface area contributed by atoms with Crippen molar-refractivity contribution >= 4 is 5.91 Å². The van der Waals surface area contributed by atoms with Crippen molar-refractivity contribution in [3.05, 3.63) is 0 Å². The predicted octanol–water partition coefficient (Wildman–Crippen LogP) is 1.22. The number of hydrogen-bond donors (Lipinski definition) is 2. The molecule has 2 fully saturated rings. The van der Waals surface area contributed by atoms with Crippen LogP contribution in [0.1, 0.15) is 39.0 Å². The van der Waals surface area contributed by atoms with Gasteiger partial charge in [0.1, 0.15) is 0 Å². The van der Waals surface area contributed by atoms with Gasteiger partial charge in [0.05, 0.1) is 5.92 Å². The predicted molar refractivity (Wildman–Crippen MR) is 78.1 cm³/mol. The van der Waals surface area contributed by atoms with Gasteiger partial charge in [-0.05, 0) is 64.2 Å². The second-order valence-corrected chi connectivity index (χ2v) is 6.07. The molecule has 2 rings (SSSR count). The van der Waals surface area contributed by atoms with Crippen LogP contribution < -0.4 is 10.6 Å². The summed E-state index contributed by atoms with van der Waals surface area (Å²) in [5.74, 6) is 1.16. The summed E-state index contributed by atoms with van der Waals surface area (Å²) in [7, 11) is 0. The lowest BCUT2D eigenvalue weighted by Crippen LogP contribution is -2.43. The van der Waals surface area contributed by atoms with Crippen LogP contribution in [0, 0.1) is 11.8 Å². The van der Waals surface area contributed by atoms with E-state index < -0.39 is 0 Å². The maximum absolute atomic E-state index is 12.0. The van der Waals surface area contributed by atoms with E-state index in [1.165, 1.54) is 38.9 Å². The van der Waals surface area contributed by atoms with Crippen molar-refractivity contribution in [2.45, 2.75) is 39.0 Å². The van der Waals surface area contributed by atoms with Crippen molar-refractivity contribution in [3.63, 3.8) is 0 Å². The molecule has 4 nitrogen and oxygen atoms in total. The Bertz CT molecular complexity index is 269. The van der Waals surface area contributed by atoms with Crippen LogP contribution in [0.3, 0.4) is 0 Å². The highest BCUT2D eigenvalue weighted by atomic mass is 16.1. The molecule has 0 aromatic carbocycles. The number of piperidine rings is 2. The van der Waals surface area contributed by atoms with Crippen LogP contribution in [-0.4, -0.2) is 50.1 Å². The minimum absolute atomic E-state index is 0.203. The minimum Gasteiger partial charge on any atom is -0.356 e. The van der Waals surface area contributed by atoms with Gasteiger partial charge >= 0.3 is 0 Å². The number of amides is 1. The lowest BCUT2D eigenvalue weighted by Gasteiger charge is -2.32.